The molecule has 3 aromatic rings. The van der Waals surface area contributed by atoms with Crippen LogP contribution in [0.5, 0.6) is 5.75 Å². The van der Waals surface area contributed by atoms with Crippen LogP contribution in [0.3, 0.4) is 0 Å². The van der Waals surface area contributed by atoms with Crippen LogP contribution < -0.4 is 0 Å². The predicted octanol–water partition coefficient (Wildman–Crippen LogP) is 6.02. The maximum atomic E-state index is 12.7. The second kappa shape index (κ2) is 8.61. The van der Waals surface area contributed by atoms with E-state index in [9.17, 15) is 9.90 Å². The molecule has 3 aliphatic carbocycles. The van der Waals surface area contributed by atoms with E-state index in [0.29, 0.717) is 29.3 Å². The van der Waals surface area contributed by atoms with Crippen molar-refractivity contribution in [1.82, 2.24) is 15.0 Å². The minimum Gasteiger partial charge on any atom is -0.508 e. The fourth-order valence-electron chi connectivity index (χ4n) is 7.49. The summed E-state index contributed by atoms with van der Waals surface area (Å²) < 4.78 is 1.93. The molecule has 1 aromatic heterocycles. The lowest BCUT2D eigenvalue weighted by atomic mass is 9.55. The van der Waals surface area contributed by atoms with E-state index in [1.165, 1.54) is 22.3 Å². The average Bonchev–Trinajstić information content (AvgIpc) is 3.43. The molecule has 5 nitrogen and oxygen atoms in total. The van der Waals surface area contributed by atoms with Gasteiger partial charge in [0.15, 0.2) is 0 Å². The van der Waals surface area contributed by atoms with Crippen molar-refractivity contribution in [2.75, 3.05) is 0 Å². The molecule has 182 valence electrons. The normalized spacial score (nSPS) is 27.4. The van der Waals surface area contributed by atoms with Crippen LogP contribution in [0.15, 0.2) is 42.6 Å². The van der Waals surface area contributed by atoms with E-state index in [-0.39, 0.29) is 5.41 Å². The number of fused-ring (bicyclic) bond motifs is 5. The topological polar surface area (TPSA) is 68.0 Å². The number of rotatable bonds is 5. The number of phenols is 1. The molecule has 4 unspecified atom stereocenters. The molecule has 0 radical (unpaired) electrons. The molecule has 35 heavy (non-hydrogen) atoms. The number of carbonyl (C=O) groups excluding carboxylic acids is 1. The van der Waals surface area contributed by atoms with Crippen LogP contribution in [-0.4, -0.2) is 25.9 Å². The highest BCUT2D eigenvalue weighted by Gasteiger charge is 2.54. The lowest BCUT2D eigenvalue weighted by Gasteiger charge is -2.48. The summed E-state index contributed by atoms with van der Waals surface area (Å²) in [6.45, 7) is 5.12. The Morgan fingerprint density at radius 3 is 2.77 bits per heavy atom. The lowest BCUT2D eigenvalue weighted by Crippen LogP contribution is -2.42. The van der Waals surface area contributed by atoms with E-state index in [4.69, 9.17) is 0 Å². The maximum Gasteiger partial charge on any atom is 0.139 e. The van der Waals surface area contributed by atoms with Gasteiger partial charge in [0.05, 0.1) is 6.20 Å². The van der Waals surface area contributed by atoms with E-state index in [2.05, 4.69) is 48.4 Å². The molecule has 0 bridgehead atoms. The quantitative estimate of drug-likeness (QED) is 0.496. The van der Waals surface area contributed by atoms with Gasteiger partial charge in [0.2, 0.25) is 0 Å². The van der Waals surface area contributed by atoms with Crippen LogP contribution >= 0.6 is 0 Å². The van der Waals surface area contributed by atoms with E-state index >= 15 is 0 Å². The Morgan fingerprint density at radius 2 is 1.94 bits per heavy atom. The maximum absolute atomic E-state index is 12.7. The molecule has 0 amide bonds. The Morgan fingerprint density at radius 1 is 1.11 bits per heavy atom. The third-order valence-electron chi connectivity index (χ3n) is 9.32. The average molecular weight is 470 g/mol. The van der Waals surface area contributed by atoms with Gasteiger partial charge in [0.25, 0.3) is 0 Å². The van der Waals surface area contributed by atoms with Gasteiger partial charge < -0.3 is 5.11 Å². The van der Waals surface area contributed by atoms with Gasteiger partial charge in [-0.15, -0.1) is 5.10 Å². The Labute approximate surface area is 207 Å². The summed E-state index contributed by atoms with van der Waals surface area (Å²) in [5.74, 6) is 2.53. The Kier molecular flexibility index (Phi) is 5.54. The van der Waals surface area contributed by atoms with Gasteiger partial charge in [-0.2, -0.15) is 0 Å². The first kappa shape index (κ1) is 22.5. The summed E-state index contributed by atoms with van der Waals surface area (Å²) in [6, 6.07) is 12.4. The highest BCUT2D eigenvalue weighted by molar-refractivity contribution is 5.87. The lowest BCUT2D eigenvalue weighted by molar-refractivity contribution is -0.129. The summed E-state index contributed by atoms with van der Waals surface area (Å²) in [5, 5.41) is 19.2. The van der Waals surface area contributed by atoms with Gasteiger partial charge in [-0.25, -0.2) is 0 Å². The molecule has 3 aliphatic rings. The summed E-state index contributed by atoms with van der Waals surface area (Å²) in [4.78, 5) is 12.7. The summed E-state index contributed by atoms with van der Waals surface area (Å²) in [5.41, 5.74) is 7.24. The van der Waals surface area contributed by atoms with Crippen molar-refractivity contribution < 1.29 is 9.90 Å². The summed E-state index contributed by atoms with van der Waals surface area (Å²) in [7, 11) is 0. The number of Topliss-reactive ketones (excluding diaryl/α,β-unsaturated/α-hetero) is 1. The zero-order chi connectivity index (χ0) is 24.2. The van der Waals surface area contributed by atoms with Crippen molar-refractivity contribution >= 4 is 5.78 Å². The van der Waals surface area contributed by atoms with Gasteiger partial charge in [-0.1, -0.05) is 42.0 Å². The molecule has 0 aliphatic heterocycles. The number of benzene rings is 2. The molecule has 1 N–H and O–H groups in total. The van der Waals surface area contributed by atoms with Crippen molar-refractivity contribution in [1.29, 1.82) is 0 Å². The van der Waals surface area contributed by atoms with Crippen LogP contribution in [-0.2, 0) is 24.2 Å². The summed E-state index contributed by atoms with van der Waals surface area (Å²) >= 11 is 0. The SMILES string of the molecule is Cc1ccc(-c2cn(CCCc3cc(O)cc4c3C3CCC5(C)C(=O)CCC5C3CC4)nn2)cc1. The molecule has 2 saturated carbocycles. The second-order valence-electron chi connectivity index (χ2n) is 11.3. The summed E-state index contributed by atoms with van der Waals surface area (Å²) in [6.07, 6.45) is 9.99. The number of phenolic OH excluding ortho intramolecular Hbond substituents is 1. The highest BCUT2D eigenvalue weighted by Crippen LogP contribution is 2.60. The van der Waals surface area contributed by atoms with Gasteiger partial charge in [-0.05, 0) is 98.4 Å². The third kappa shape index (κ3) is 3.89. The van der Waals surface area contributed by atoms with Gasteiger partial charge in [0, 0.05) is 23.9 Å². The number of ketones is 1. The van der Waals surface area contributed by atoms with Crippen molar-refractivity contribution in [3.63, 3.8) is 0 Å². The molecule has 0 saturated heterocycles. The van der Waals surface area contributed by atoms with Gasteiger partial charge in [-0.3, -0.25) is 9.48 Å². The first-order chi connectivity index (χ1) is 16.9. The zero-order valence-electron chi connectivity index (χ0n) is 20.8. The molecular formula is C30H35N3O2. The number of aromatic nitrogens is 3. The Bertz CT molecular complexity index is 1260. The predicted molar refractivity (Wildman–Crippen MR) is 136 cm³/mol. The van der Waals surface area contributed by atoms with Crippen molar-refractivity contribution in [2.45, 2.75) is 77.7 Å². The molecule has 5 heteroatoms. The molecule has 4 atom stereocenters. The monoisotopic (exact) mass is 469 g/mol. The fourth-order valence-corrected chi connectivity index (χ4v) is 7.49. The Balaban J connectivity index is 1.19. The highest BCUT2D eigenvalue weighted by atomic mass is 16.3. The van der Waals surface area contributed by atoms with Crippen molar-refractivity contribution in [3.05, 3.63) is 64.8 Å². The number of hydrogen-bond acceptors (Lipinski definition) is 4. The fraction of sp³-hybridized carbons (Fsp3) is 0.500. The molecule has 2 aromatic carbocycles. The van der Waals surface area contributed by atoms with E-state index < -0.39 is 0 Å². The van der Waals surface area contributed by atoms with Gasteiger partial charge in [0.1, 0.15) is 17.2 Å². The molecule has 2 fully saturated rings. The van der Waals surface area contributed by atoms with Crippen LogP contribution in [0.2, 0.25) is 0 Å². The standard InChI is InChI=1S/C30H35N3O2/c1-19-5-7-20(8-6-19)27-18-33(32-31-27)15-3-4-21-16-23(34)17-22-9-10-24-25(29(21)22)13-14-30(2)26(24)11-12-28(30)35/h5-8,16-18,24-26,34H,3-4,9-15H2,1-2H3. The van der Waals surface area contributed by atoms with E-state index in [1.54, 1.807) is 0 Å². The first-order valence-corrected chi connectivity index (χ1v) is 13.3. The molecule has 0 spiro atoms. The Hall–Kier alpha value is -2.95. The van der Waals surface area contributed by atoms with Crippen molar-refractivity contribution in [3.8, 4) is 17.0 Å². The van der Waals surface area contributed by atoms with E-state index in [1.807, 2.05) is 23.0 Å². The minimum absolute atomic E-state index is 0.0992. The van der Waals surface area contributed by atoms with Crippen molar-refractivity contribution in [2.24, 2.45) is 17.3 Å². The van der Waals surface area contributed by atoms with Crippen LogP contribution in [0.25, 0.3) is 11.3 Å². The van der Waals surface area contributed by atoms with E-state index in [0.717, 1.165) is 69.2 Å². The zero-order valence-corrected chi connectivity index (χ0v) is 20.8. The number of carbonyl (C=O) groups is 1. The van der Waals surface area contributed by atoms with Gasteiger partial charge >= 0.3 is 0 Å². The smallest absolute Gasteiger partial charge is 0.139 e. The second-order valence-corrected chi connectivity index (χ2v) is 11.3. The molecule has 1 heterocycles. The first-order valence-electron chi connectivity index (χ1n) is 13.3. The van der Waals surface area contributed by atoms with Crippen LogP contribution in [0.1, 0.15) is 73.6 Å². The minimum atomic E-state index is -0.0992. The number of nitrogens with zero attached hydrogens (tertiary/aromatic N) is 3. The third-order valence-corrected chi connectivity index (χ3v) is 9.32. The number of aryl methyl sites for hydroxylation is 4. The largest absolute Gasteiger partial charge is 0.508 e. The number of hydrogen-bond donors (Lipinski definition) is 1. The molecular weight excluding hydrogens is 434 g/mol. The van der Waals surface area contributed by atoms with Crippen LogP contribution in [0.4, 0.5) is 0 Å². The van der Waals surface area contributed by atoms with Crippen LogP contribution in [0, 0.1) is 24.2 Å². The molecule has 6 rings (SSSR count). The number of aromatic hydroxyl groups is 1.